The minimum absolute atomic E-state index is 0.588. The molecular formula is C12H23NO2. The summed E-state index contributed by atoms with van der Waals surface area (Å²) in [6.07, 6.45) is 5.25. The first-order valence-electron chi connectivity index (χ1n) is 6.18. The molecule has 15 heavy (non-hydrogen) atoms. The predicted molar refractivity (Wildman–Crippen MR) is 59.9 cm³/mol. The van der Waals surface area contributed by atoms with Gasteiger partial charge in [0.25, 0.3) is 0 Å². The molecule has 88 valence electrons. The highest BCUT2D eigenvalue weighted by molar-refractivity contribution is 4.83. The molecule has 0 amide bonds. The van der Waals surface area contributed by atoms with Crippen LogP contribution in [0.5, 0.6) is 0 Å². The monoisotopic (exact) mass is 213 g/mol. The summed E-state index contributed by atoms with van der Waals surface area (Å²) in [6.45, 7) is 4.00. The summed E-state index contributed by atoms with van der Waals surface area (Å²) in [5.74, 6) is 1.66. The van der Waals surface area contributed by atoms with Crippen LogP contribution in [0.25, 0.3) is 0 Å². The Hall–Kier alpha value is -0.120. The lowest BCUT2D eigenvalue weighted by Gasteiger charge is -2.24. The molecule has 0 radical (unpaired) electrons. The Morgan fingerprint density at radius 1 is 1.40 bits per heavy atom. The van der Waals surface area contributed by atoms with Crippen LogP contribution in [0.2, 0.25) is 0 Å². The Kier molecular flexibility index (Phi) is 4.42. The smallest absolute Gasteiger partial charge is 0.0615 e. The van der Waals surface area contributed by atoms with Gasteiger partial charge < -0.3 is 14.8 Å². The summed E-state index contributed by atoms with van der Waals surface area (Å²) in [5.41, 5.74) is 0. The first-order valence-corrected chi connectivity index (χ1v) is 6.18. The molecule has 2 rings (SSSR count). The lowest BCUT2D eigenvalue weighted by molar-refractivity contribution is 0.0458. The number of methoxy groups -OCH3 is 1. The molecule has 2 aliphatic heterocycles. The van der Waals surface area contributed by atoms with Crippen molar-refractivity contribution in [1.29, 1.82) is 0 Å². The van der Waals surface area contributed by atoms with Crippen molar-refractivity contribution in [3.63, 3.8) is 0 Å². The van der Waals surface area contributed by atoms with E-state index in [4.69, 9.17) is 9.47 Å². The Morgan fingerprint density at radius 2 is 2.33 bits per heavy atom. The number of ether oxygens (including phenoxy) is 2. The fourth-order valence-corrected chi connectivity index (χ4v) is 2.87. The van der Waals surface area contributed by atoms with Gasteiger partial charge in [-0.25, -0.2) is 0 Å². The quantitative estimate of drug-likeness (QED) is 0.766. The van der Waals surface area contributed by atoms with Crippen molar-refractivity contribution < 1.29 is 9.47 Å². The minimum atomic E-state index is 0.588. The van der Waals surface area contributed by atoms with Crippen LogP contribution in [0.3, 0.4) is 0 Å². The molecule has 0 aliphatic carbocycles. The number of hydrogen-bond acceptors (Lipinski definition) is 3. The second-order valence-corrected chi connectivity index (χ2v) is 4.98. The van der Waals surface area contributed by atoms with Crippen molar-refractivity contribution in [1.82, 2.24) is 5.32 Å². The summed E-state index contributed by atoms with van der Waals surface area (Å²) < 4.78 is 10.7. The largest absolute Gasteiger partial charge is 0.383 e. The molecule has 1 N–H and O–H groups in total. The highest BCUT2D eigenvalue weighted by atomic mass is 16.5. The van der Waals surface area contributed by atoms with Crippen LogP contribution >= 0.6 is 0 Å². The van der Waals surface area contributed by atoms with Gasteiger partial charge in [0, 0.05) is 26.4 Å². The van der Waals surface area contributed by atoms with E-state index < -0.39 is 0 Å². The second kappa shape index (κ2) is 5.83. The van der Waals surface area contributed by atoms with Crippen molar-refractivity contribution in [2.24, 2.45) is 11.8 Å². The molecule has 3 atom stereocenters. The SMILES string of the molecule is COCC1CC(CC2CCCOC2)CN1. The molecule has 2 saturated heterocycles. The molecule has 0 aromatic carbocycles. The Balaban J connectivity index is 1.67. The van der Waals surface area contributed by atoms with Gasteiger partial charge in [-0.3, -0.25) is 0 Å². The summed E-state index contributed by atoms with van der Waals surface area (Å²) in [6, 6.07) is 0.588. The summed E-state index contributed by atoms with van der Waals surface area (Å²) in [7, 11) is 1.78. The zero-order valence-electron chi connectivity index (χ0n) is 9.71. The van der Waals surface area contributed by atoms with Gasteiger partial charge in [-0.1, -0.05) is 0 Å². The molecule has 2 fully saturated rings. The third-order valence-electron chi connectivity index (χ3n) is 3.60. The summed E-state index contributed by atoms with van der Waals surface area (Å²) >= 11 is 0. The molecule has 3 unspecified atom stereocenters. The van der Waals surface area contributed by atoms with Gasteiger partial charge in [0.1, 0.15) is 0 Å². The Bertz CT molecular complexity index is 180. The van der Waals surface area contributed by atoms with Crippen LogP contribution in [-0.4, -0.2) is 39.5 Å². The Morgan fingerprint density at radius 3 is 3.07 bits per heavy atom. The fraction of sp³-hybridized carbons (Fsp3) is 1.00. The zero-order valence-corrected chi connectivity index (χ0v) is 9.71. The highest BCUT2D eigenvalue weighted by Crippen LogP contribution is 2.26. The van der Waals surface area contributed by atoms with E-state index in [1.54, 1.807) is 7.11 Å². The van der Waals surface area contributed by atoms with E-state index in [1.807, 2.05) is 0 Å². The van der Waals surface area contributed by atoms with E-state index in [2.05, 4.69) is 5.32 Å². The molecule has 0 aromatic rings. The third-order valence-corrected chi connectivity index (χ3v) is 3.60. The van der Waals surface area contributed by atoms with Crippen LogP contribution in [0.15, 0.2) is 0 Å². The first-order chi connectivity index (χ1) is 7.38. The fourth-order valence-electron chi connectivity index (χ4n) is 2.87. The molecule has 0 bridgehead atoms. The number of rotatable bonds is 4. The normalized spacial score (nSPS) is 37.0. The maximum Gasteiger partial charge on any atom is 0.0615 e. The van der Waals surface area contributed by atoms with E-state index in [1.165, 1.54) is 32.2 Å². The van der Waals surface area contributed by atoms with Crippen molar-refractivity contribution in [3.05, 3.63) is 0 Å². The maximum atomic E-state index is 5.52. The van der Waals surface area contributed by atoms with Gasteiger partial charge in [0.05, 0.1) is 6.61 Å². The van der Waals surface area contributed by atoms with E-state index in [0.29, 0.717) is 6.04 Å². The number of nitrogens with one attached hydrogen (secondary N) is 1. The number of hydrogen-bond donors (Lipinski definition) is 1. The molecule has 3 nitrogen and oxygen atoms in total. The maximum absolute atomic E-state index is 5.52. The van der Waals surface area contributed by atoms with Crippen molar-refractivity contribution >= 4 is 0 Å². The molecule has 2 heterocycles. The van der Waals surface area contributed by atoms with Crippen molar-refractivity contribution in [2.75, 3.05) is 33.5 Å². The van der Waals surface area contributed by atoms with Gasteiger partial charge in [0.2, 0.25) is 0 Å². The van der Waals surface area contributed by atoms with Gasteiger partial charge in [-0.15, -0.1) is 0 Å². The summed E-state index contributed by atoms with van der Waals surface area (Å²) in [4.78, 5) is 0. The van der Waals surface area contributed by atoms with E-state index in [-0.39, 0.29) is 0 Å². The molecule has 2 aliphatic rings. The van der Waals surface area contributed by atoms with Crippen LogP contribution in [0.4, 0.5) is 0 Å². The standard InChI is InChI=1S/C12H23NO2/c1-14-9-12-6-11(7-13-12)5-10-3-2-4-15-8-10/h10-13H,2-9H2,1H3. The van der Waals surface area contributed by atoms with Crippen molar-refractivity contribution in [3.8, 4) is 0 Å². The van der Waals surface area contributed by atoms with E-state index in [0.717, 1.165) is 31.7 Å². The molecular weight excluding hydrogens is 190 g/mol. The average Bonchev–Trinajstić information content (AvgIpc) is 2.68. The summed E-state index contributed by atoms with van der Waals surface area (Å²) in [5, 5.41) is 3.53. The molecule has 0 saturated carbocycles. The van der Waals surface area contributed by atoms with Crippen molar-refractivity contribution in [2.45, 2.75) is 31.7 Å². The van der Waals surface area contributed by atoms with Gasteiger partial charge >= 0.3 is 0 Å². The second-order valence-electron chi connectivity index (χ2n) is 4.98. The average molecular weight is 213 g/mol. The van der Waals surface area contributed by atoms with Crippen LogP contribution in [0.1, 0.15) is 25.7 Å². The molecule has 0 spiro atoms. The molecule has 0 aromatic heterocycles. The first kappa shape index (κ1) is 11.4. The highest BCUT2D eigenvalue weighted by Gasteiger charge is 2.27. The third kappa shape index (κ3) is 3.44. The lowest BCUT2D eigenvalue weighted by Crippen LogP contribution is -2.25. The van der Waals surface area contributed by atoms with Crippen LogP contribution < -0.4 is 5.32 Å². The zero-order chi connectivity index (χ0) is 10.5. The van der Waals surface area contributed by atoms with E-state index in [9.17, 15) is 0 Å². The van der Waals surface area contributed by atoms with Gasteiger partial charge in [-0.2, -0.15) is 0 Å². The minimum Gasteiger partial charge on any atom is -0.383 e. The topological polar surface area (TPSA) is 30.5 Å². The lowest BCUT2D eigenvalue weighted by atomic mass is 9.89. The van der Waals surface area contributed by atoms with Crippen LogP contribution in [0, 0.1) is 11.8 Å². The van der Waals surface area contributed by atoms with E-state index >= 15 is 0 Å². The Labute approximate surface area is 92.5 Å². The van der Waals surface area contributed by atoms with Gasteiger partial charge in [-0.05, 0) is 44.1 Å². The van der Waals surface area contributed by atoms with Crippen LogP contribution in [-0.2, 0) is 9.47 Å². The molecule has 3 heteroatoms. The van der Waals surface area contributed by atoms with Gasteiger partial charge in [0.15, 0.2) is 0 Å². The predicted octanol–water partition coefficient (Wildman–Crippen LogP) is 1.43.